The summed E-state index contributed by atoms with van der Waals surface area (Å²) in [5.41, 5.74) is -2.27. The van der Waals surface area contributed by atoms with Crippen molar-refractivity contribution in [2.75, 3.05) is 14.2 Å². The highest BCUT2D eigenvalue weighted by Crippen LogP contribution is 2.83. The summed E-state index contributed by atoms with van der Waals surface area (Å²) in [7, 11) is 2.82. The van der Waals surface area contributed by atoms with E-state index in [1.54, 1.807) is 32.4 Å². The number of carbonyl (C=O) groups is 3. The van der Waals surface area contributed by atoms with Crippen molar-refractivity contribution in [3.05, 3.63) is 35.8 Å². The molecule has 4 bridgehead atoms. The second-order valence-electron chi connectivity index (χ2n) is 14.4. The summed E-state index contributed by atoms with van der Waals surface area (Å²) in [5, 5.41) is 12.9. The highest BCUT2D eigenvalue weighted by Gasteiger charge is 2.93. The molecule has 4 aliphatic heterocycles. The predicted octanol–water partition coefficient (Wildman–Crippen LogP) is 3.84. The molecule has 5 heterocycles. The normalized spacial score (nSPS) is 50.1. The number of hydrogen-bond donors (Lipinski definition) is 1. The SMILES string of the molecule is C/C=C(\C)C(=O)O[C@@H]1[C@@H]2[C@H]3O[C@]34[C@@H]3CC(=O)O[C@@H](c5ccoc5)[C@]3(C)CC[C@@H]4[C@]3(C)[C@@H](CC(=O)OC)[C@]1(C)[C@H](OC)O[C@]23O. The molecule has 3 aliphatic carbocycles. The molecule has 0 aromatic carbocycles. The van der Waals surface area contributed by atoms with Gasteiger partial charge in [0, 0.05) is 47.3 Å². The summed E-state index contributed by atoms with van der Waals surface area (Å²) in [6, 6.07) is 1.82. The lowest BCUT2D eigenvalue weighted by Crippen LogP contribution is -2.85. The number of furan rings is 1. The second kappa shape index (κ2) is 9.40. The van der Waals surface area contributed by atoms with Crippen LogP contribution >= 0.6 is 0 Å². The Labute approximate surface area is 256 Å². The molecule has 4 saturated heterocycles. The number of carbonyl (C=O) groups excluding carboxylic acids is 3. The molecular weight excluding hydrogens is 572 g/mol. The van der Waals surface area contributed by atoms with Crippen LogP contribution in [0.4, 0.5) is 0 Å². The highest BCUT2D eigenvalue weighted by atomic mass is 16.8. The van der Waals surface area contributed by atoms with E-state index in [9.17, 15) is 19.5 Å². The predicted molar refractivity (Wildman–Crippen MR) is 150 cm³/mol. The summed E-state index contributed by atoms with van der Waals surface area (Å²) < 4.78 is 42.2. The molecule has 1 aromatic heterocycles. The minimum Gasteiger partial charge on any atom is -0.472 e. The van der Waals surface area contributed by atoms with Gasteiger partial charge in [-0.1, -0.05) is 26.8 Å². The number of fused-ring (bicyclic) bond motifs is 2. The Morgan fingerprint density at radius 2 is 1.91 bits per heavy atom. The van der Waals surface area contributed by atoms with Crippen molar-refractivity contribution >= 4 is 17.9 Å². The fraction of sp³-hybridized carbons (Fsp3) is 0.727. The van der Waals surface area contributed by atoms with Gasteiger partial charge in [-0.2, -0.15) is 0 Å². The van der Waals surface area contributed by atoms with Gasteiger partial charge in [0.25, 0.3) is 0 Å². The van der Waals surface area contributed by atoms with Crippen molar-refractivity contribution in [2.45, 2.75) is 96.3 Å². The van der Waals surface area contributed by atoms with Crippen LogP contribution in [-0.2, 0) is 42.8 Å². The van der Waals surface area contributed by atoms with Crippen molar-refractivity contribution in [3.63, 3.8) is 0 Å². The van der Waals surface area contributed by atoms with Crippen molar-refractivity contribution in [1.82, 2.24) is 0 Å². The van der Waals surface area contributed by atoms with E-state index in [2.05, 4.69) is 6.92 Å². The number of allylic oxidation sites excluding steroid dienone is 1. The standard InChI is InChI=1S/C33H42O11/c1-8-16(2)27(36)42-25-23-26-32(43-26)18(9-11-29(3)19(32)13-22(35)41-24(29)17-10-12-40-15-17)31(5)20(14-21(34)38-6)30(25,4)28(39-7)44-33(23,31)37/h8,10,12,15,18-20,23-26,28,37H,9,11,13-14H2,1-7H3/b16-8+/t18-,19-,20+,23-,24+,25-,26-,28-,29-,30+,31-,32-,33-/m1/s1. The Bertz CT molecular complexity index is 1420. The summed E-state index contributed by atoms with van der Waals surface area (Å²) in [5.74, 6) is -5.17. The average molecular weight is 615 g/mol. The van der Waals surface area contributed by atoms with Gasteiger partial charge in [-0.3, -0.25) is 9.59 Å². The fourth-order valence-corrected chi connectivity index (χ4v) is 10.7. The van der Waals surface area contributed by atoms with Crippen molar-refractivity contribution in [1.29, 1.82) is 0 Å². The van der Waals surface area contributed by atoms with E-state index in [1.807, 2.05) is 19.9 Å². The monoisotopic (exact) mass is 614 g/mol. The Kier molecular flexibility index (Phi) is 6.40. The van der Waals surface area contributed by atoms with E-state index in [0.29, 0.717) is 18.4 Å². The zero-order chi connectivity index (χ0) is 31.6. The molecule has 1 N–H and O–H groups in total. The van der Waals surface area contributed by atoms with E-state index < -0.39 is 76.0 Å². The smallest absolute Gasteiger partial charge is 0.333 e. The van der Waals surface area contributed by atoms with Crippen LogP contribution in [0, 0.1) is 39.9 Å². The molecule has 1 spiro atoms. The van der Waals surface area contributed by atoms with Gasteiger partial charge in [0.15, 0.2) is 12.1 Å². The lowest BCUT2D eigenvalue weighted by atomic mass is 9.34. The first-order valence-electron chi connectivity index (χ1n) is 15.5. The minimum absolute atomic E-state index is 0.0583. The van der Waals surface area contributed by atoms with Gasteiger partial charge in [-0.15, -0.1) is 0 Å². The molecule has 13 atom stereocenters. The third kappa shape index (κ3) is 3.34. The van der Waals surface area contributed by atoms with E-state index in [-0.39, 0.29) is 30.6 Å². The second-order valence-corrected chi connectivity index (χ2v) is 14.4. The topological polar surface area (TPSA) is 143 Å². The lowest BCUT2D eigenvalue weighted by molar-refractivity contribution is -0.497. The van der Waals surface area contributed by atoms with E-state index in [1.165, 1.54) is 14.2 Å². The third-order valence-electron chi connectivity index (χ3n) is 12.9. The molecule has 3 saturated carbocycles. The fourth-order valence-electron chi connectivity index (χ4n) is 10.7. The van der Waals surface area contributed by atoms with Crippen LogP contribution < -0.4 is 0 Å². The maximum atomic E-state index is 13.4. The number of epoxide rings is 1. The van der Waals surface area contributed by atoms with Gasteiger partial charge < -0.3 is 37.9 Å². The number of esters is 3. The van der Waals surface area contributed by atoms with Crippen molar-refractivity contribution < 1.29 is 52.3 Å². The van der Waals surface area contributed by atoms with Crippen LogP contribution in [0.1, 0.15) is 72.0 Å². The number of rotatable bonds is 6. The van der Waals surface area contributed by atoms with Crippen LogP contribution in [0.5, 0.6) is 0 Å². The third-order valence-corrected chi connectivity index (χ3v) is 12.9. The number of methoxy groups -OCH3 is 2. The molecular formula is C33H42O11. The molecule has 0 radical (unpaired) electrons. The molecule has 7 fully saturated rings. The van der Waals surface area contributed by atoms with Crippen LogP contribution in [0.3, 0.4) is 0 Å². The van der Waals surface area contributed by atoms with Crippen molar-refractivity contribution in [3.8, 4) is 0 Å². The van der Waals surface area contributed by atoms with Crippen LogP contribution in [0.2, 0.25) is 0 Å². The molecule has 1 aromatic rings. The quantitative estimate of drug-likeness (QED) is 0.216. The molecule has 7 aliphatic rings. The lowest BCUT2D eigenvalue weighted by Gasteiger charge is -2.75. The van der Waals surface area contributed by atoms with Crippen molar-refractivity contribution in [2.24, 2.45) is 39.9 Å². The minimum atomic E-state index is -1.87. The zero-order valence-corrected chi connectivity index (χ0v) is 26.3. The van der Waals surface area contributed by atoms with Crippen LogP contribution in [0.25, 0.3) is 0 Å². The first-order valence-corrected chi connectivity index (χ1v) is 15.5. The first kappa shape index (κ1) is 30.0. The average Bonchev–Trinajstić information content (AvgIpc) is 3.44. The van der Waals surface area contributed by atoms with Crippen LogP contribution in [-0.4, -0.2) is 67.1 Å². The molecule has 11 heteroatoms. The van der Waals surface area contributed by atoms with Gasteiger partial charge in [0.2, 0.25) is 0 Å². The molecule has 11 nitrogen and oxygen atoms in total. The number of cyclic esters (lactones) is 1. The first-order chi connectivity index (χ1) is 20.8. The number of hydrogen-bond acceptors (Lipinski definition) is 11. The maximum absolute atomic E-state index is 13.4. The van der Waals surface area contributed by atoms with Gasteiger partial charge in [-0.25, -0.2) is 4.79 Å². The number of aliphatic hydroxyl groups is 1. The number of ether oxygens (including phenoxy) is 6. The Morgan fingerprint density at radius 1 is 1.16 bits per heavy atom. The van der Waals surface area contributed by atoms with Crippen LogP contribution in [0.15, 0.2) is 34.7 Å². The largest absolute Gasteiger partial charge is 0.472 e. The Hall–Kier alpha value is -2.73. The van der Waals surface area contributed by atoms with Gasteiger partial charge in [-0.05, 0) is 38.7 Å². The van der Waals surface area contributed by atoms with Gasteiger partial charge in [0.1, 0.15) is 17.8 Å². The summed E-state index contributed by atoms with van der Waals surface area (Å²) in [6.07, 6.45) is 3.21. The molecule has 0 unspecified atom stereocenters. The zero-order valence-electron chi connectivity index (χ0n) is 26.3. The molecule has 0 amide bonds. The maximum Gasteiger partial charge on any atom is 0.333 e. The highest BCUT2D eigenvalue weighted by molar-refractivity contribution is 5.87. The molecule has 8 rings (SSSR count). The molecule has 240 valence electrons. The summed E-state index contributed by atoms with van der Waals surface area (Å²) >= 11 is 0. The van der Waals surface area contributed by atoms with Gasteiger partial charge in [0.05, 0.1) is 43.5 Å². The van der Waals surface area contributed by atoms with E-state index >= 15 is 0 Å². The van der Waals surface area contributed by atoms with E-state index in [4.69, 9.17) is 32.8 Å². The summed E-state index contributed by atoms with van der Waals surface area (Å²) in [6.45, 7) is 9.44. The van der Waals surface area contributed by atoms with Gasteiger partial charge >= 0.3 is 17.9 Å². The summed E-state index contributed by atoms with van der Waals surface area (Å²) in [4.78, 5) is 39.8. The Morgan fingerprint density at radius 3 is 2.55 bits per heavy atom. The molecule has 44 heavy (non-hydrogen) atoms. The van der Waals surface area contributed by atoms with E-state index in [0.717, 1.165) is 5.56 Å². The Balaban J connectivity index is 1.41.